The highest BCUT2D eigenvalue weighted by molar-refractivity contribution is 7.15. The summed E-state index contributed by atoms with van der Waals surface area (Å²) >= 11 is 1.31. The lowest BCUT2D eigenvalue weighted by Crippen LogP contribution is -2.64. The van der Waals surface area contributed by atoms with Crippen molar-refractivity contribution < 1.29 is 9.90 Å². The van der Waals surface area contributed by atoms with Crippen molar-refractivity contribution in [1.82, 2.24) is 15.5 Å². The van der Waals surface area contributed by atoms with Crippen molar-refractivity contribution in [1.29, 1.82) is 0 Å². The van der Waals surface area contributed by atoms with Gasteiger partial charge in [-0.05, 0) is 63.7 Å². The molecule has 4 N–H and O–H groups in total. The highest BCUT2D eigenvalue weighted by atomic mass is 32.1. The minimum absolute atomic E-state index is 0.0617. The number of aromatic nitrogens is 2. The lowest BCUT2D eigenvalue weighted by Gasteiger charge is -2.64. The molecule has 138 valence electrons. The zero-order chi connectivity index (χ0) is 18.1. The van der Waals surface area contributed by atoms with Crippen LogP contribution in [0.2, 0.25) is 0 Å². The molecule has 1 amide bonds. The molecule has 4 aliphatic rings. The van der Waals surface area contributed by atoms with Gasteiger partial charge in [0.1, 0.15) is 5.01 Å². The molecule has 25 heavy (non-hydrogen) atoms. The Morgan fingerprint density at radius 1 is 1.32 bits per heavy atom. The average molecular weight is 365 g/mol. The lowest BCUT2D eigenvalue weighted by atomic mass is 9.42. The van der Waals surface area contributed by atoms with Gasteiger partial charge < -0.3 is 16.2 Å². The Bertz CT molecular complexity index is 720. The van der Waals surface area contributed by atoms with Crippen molar-refractivity contribution in [3.63, 3.8) is 0 Å². The number of rotatable bonds is 4. The Morgan fingerprint density at radius 3 is 2.68 bits per heavy atom. The quantitative estimate of drug-likeness (QED) is 0.762. The van der Waals surface area contributed by atoms with Crippen LogP contribution in [0.15, 0.2) is 0 Å². The summed E-state index contributed by atoms with van der Waals surface area (Å²) in [4.78, 5) is 13.4. The van der Waals surface area contributed by atoms with E-state index in [2.05, 4.69) is 22.4 Å². The molecular formula is C18H28N4O2S. The van der Waals surface area contributed by atoms with Crippen LogP contribution in [-0.4, -0.2) is 26.8 Å². The Hall–Kier alpha value is -1.21. The number of nitrogens with one attached hydrogen (secondary N) is 1. The molecule has 1 aromatic rings. The maximum atomic E-state index is 13.4. The first kappa shape index (κ1) is 17.2. The van der Waals surface area contributed by atoms with Gasteiger partial charge in [0.25, 0.3) is 0 Å². The zero-order valence-electron chi connectivity index (χ0n) is 15.3. The zero-order valence-corrected chi connectivity index (χ0v) is 16.1. The molecule has 0 radical (unpaired) electrons. The number of anilines is 1. The third-order valence-corrected chi connectivity index (χ3v) is 7.86. The summed E-state index contributed by atoms with van der Waals surface area (Å²) in [6.45, 7) is 6.08. The summed E-state index contributed by atoms with van der Waals surface area (Å²) in [7, 11) is 0. The number of hydrogen-bond acceptors (Lipinski definition) is 6. The van der Waals surface area contributed by atoms with Crippen molar-refractivity contribution in [2.24, 2.45) is 16.7 Å². The molecule has 0 aromatic carbocycles. The van der Waals surface area contributed by atoms with Gasteiger partial charge in [-0.3, -0.25) is 4.79 Å². The van der Waals surface area contributed by atoms with Crippen LogP contribution in [0.1, 0.15) is 70.7 Å². The van der Waals surface area contributed by atoms with Gasteiger partial charge >= 0.3 is 0 Å². The Kier molecular flexibility index (Phi) is 3.55. The Labute approximate surface area is 152 Å². The van der Waals surface area contributed by atoms with Crippen molar-refractivity contribution >= 4 is 22.4 Å². The highest BCUT2D eigenvalue weighted by Crippen LogP contribution is 2.67. The fourth-order valence-electron chi connectivity index (χ4n) is 6.19. The molecule has 6 nitrogen and oxygen atoms in total. The minimum Gasteiger partial charge on any atom is -0.390 e. The van der Waals surface area contributed by atoms with E-state index >= 15 is 0 Å². The molecule has 0 spiro atoms. The molecule has 4 saturated carbocycles. The van der Waals surface area contributed by atoms with E-state index < -0.39 is 16.6 Å². The number of carbonyl (C=O) groups is 1. The number of nitrogens with two attached hydrogens (primary N) is 1. The van der Waals surface area contributed by atoms with Crippen LogP contribution in [0.25, 0.3) is 0 Å². The highest BCUT2D eigenvalue weighted by Gasteiger charge is 2.65. The summed E-state index contributed by atoms with van der Waals surface area (Å²) in [6.07, 6.45) is 6.32. The van der Waals surface area contributed by atoms with E-state index in [1.165, 1.54) is 11.3 Å². The van der Waals surface area contributed by atoms with E-state index in [-0.39, 0.29) is 11.3 Å². The van der Waals surface area contributed by atoms with Crippen LogP contribution in [0.3, 0.4) is 0 Å². The fraction of sp³-hybridized carbons (Fsp3) is 0.833. The largest absolute Gasteiger partial charge is 0.390 e. The Balaban J connectivity index is 1.61. The van der Waals surface area contributed by atoms with Crippen molar-refractivity contribution in [3.8, 4) is 0 Å². The van der Waals surface area contributed by atoms with Crippen LogP contribution in [0.5, 0.6) is 0 Å². The van der Waals surface area contributed by atoms with Crippen LogP contribution in [0, 0.1) is 16.7 Å². The normalized spacial score (nSPS) is 39.6. The van der Waals surface area contributed by atoms with Crippen molar-refractivity contribution in [3.05, 3.63) is 5.01 Å². The Morgan fingerprint density at radius 2 is 2.08 bits per heavy atom. The van der Waals surface area contributed by atoms with E-state index in [4.69, 9.17) is 5.73 Å². The van der Waals surface area contributed by atoms with E-state index in [9.17, 15) is 9.90 Å². The van der Waals surface area contributed by atoms with E-state index in [0.717, 1.165) is 38.5 Å². The first-order chi connectivity index (χ1) is 11.6. The van der Waals surface area contributed by atoms with Gasteiger partial charge in [-0.25, -0.2) is 0 Å². The number of aliphatic hydroxyl groups is 1. The maximum absolute atomic E-state index is 13.4. The van der Waals surface area contributed by atoms with Crippen LogP contribution in [0.4, 0.5) is 5.13 Å². The maximum Gasteiger partial charge on any atom is 0.227 e. The molecule has 1 aromatic heterocycles. The van der Waals surface area contributed by atoms with Gasteiger partial charge in [0.2, 0.25) is 11.0 Å². The number of hydrogen-bond donors (Lipinski definition) is 3. The molecule has 4 aliphatic carbocycles. The topological polar surface area (TPSA) is 101 Å². The molecule has 1 heterocycles. The van der Waals surface area contributed by atoms with Crippen LogP contribution < -0.4 is 11.1 Å². The molecule has 0 aliphatic heterocycles. The summed E-state index contributed by atoms with van der Waals surface area (Å²) in [5.74, 6) is 0.527. The molecule has 0 saturated heterocycles. The summed E-state index contributed by atoms with van der Waals surface area (Å²) < 4.78 is 0. The second-order valence-corrected chi connectivity index (χ2v) is 10.4. The predicted molar refractivity (Wildman–Crippen MR) is 96.8 cm³/mol. The predicted octanol–water partition coefficient (Wildman–Crippen LogP) is 2.58. The lowest BCUT2D eigenvalue weighted by molar-refractivity contribution is -0.205. The van der Waals surface area contributed by atoms with E-state index in [0.29, 0.717) is 22.5 Å². The van der Waals surface area contributed by atoms with Gasteiger partial charge in [0.05, 0.1) is 16.6 Å². The molecule has 0 unspecified atom stereocenters. The molecule has 7 heteroatoms. The van der Waals surface area contributed by atoms with Gasteiger partial charge in [0, 0.05) is 0 Å². The molecular weight excluding hydrogens is 336 g/mol. The molecule has 5 rings (SSSR count). The summed E-state index contributed by atoms with van der Waals surface area (Å²) in [5.41, 5.74) is 4.11. The van der Waals surface area contributed by atoms with Gasteiger partial charge in [0.15, 0.2) is 0 Å². The number of nitrogens with zero attached hydrogens (tertiary/aromatic N) is 2. The average Bonchev–Trinajstić information content (AvgIpc) is 2.92. The van der Waals surface area contributed by atoms with Crippen LogP contribution in [-0.2, 0) is 10.3 Å². The molecule has 4 fully saturated rings. The summed E-state index contributed by atoms with van der Waals surface area (Å²) in [5, 5.41) is 23.4. The van der Waals surface area contributed by atoms with Gasteiger partial charge in [-0.15, -0.1) is 10.2 Å². The number of amides is 1. The SMILES string of the molecule is CC[C@@]12C[C@H]3C[C@@](O)(C1)C[C@@](C(=O)NC(C)(C)c1nnc(N)s1)(C3)C2. The first-order valence-corrected chi connectivity index (χ1v) is 10.1. The smallest absolute Gasteiger partial charge is 0.227 e. The van der Waals surface area contributed by atoms with E-state index in [1.807, 2.05) is 13.8 Å². The van der Waals surface area contributed by atoms with Gasteiger partial charge in [-0.2, -0.15) is 0 Å². The first-order valence-electron chi connectivity index (χ1n) is 9.24. The standard InChI is InChI=1S/C18H28N4O2S/c1-4-16-5-11-6-17(8-16,10-18(24,7-11)9-16)12(23)20-15(2,3)13-21-22-14(19)25-13/h11,24H,4-10H2,1-3H3,(H2,19,22)(H,20,23)/t11-,16+,17-,18-/m1/s1. The second-order valence-electron chi connectivity index (χ2n) is 9.39. The molecule has 4 bridgehead atoms. The molecule has 4 atom stereocenters. The second kappa shape index (κ2) is 5.16. The fourth-order valence-corrected chi connectivity index (χ4v) is 6.86. The monoisotopic (exact) mass is 364 g/mol. The number of carbonyl (C=O) groups excluding carboxylic acids is 1. The summed E-state index contributed by atoms with van der Waals surface area (Å²) in [6, 6.07) is 0. The van der Waals surface area contributed by atoms with Crippen LogP contribution >= 0.6 is 11.3 Å². The minimum atomic E-state index is -0.663. The third-order valence-electron chi connectivity index (χ3n) is 6.79. The van der Waals surface area contributed by atoms with Crippen molar-refractivity contribution in [2.75, 3.05) is 5.73 Å². The van der Waals surface area contributed by atoms with E-state index in [1.54, 1.807) is 0 Å². The third kappa shape index (κ3) is 2.67. The van der Waals surface area contributed by atoms with Gasteiger partial charge in [-0.1, -0.05) is 24.7 Å². The number of nitrogen functional groups attached to an aromatic ring is 1. The van der Waals surface area contributed by atoms with Crippen molar-refractivity contribution in [2.45, 2.75) is 76.9 Å².